The summed E-state index contributed by atoms with van der Waals surface area (Å²) >= 11 is 2.02. The van der Waals surface area contributed by atoms with E-state index < -0.39 is 0 Å². The number of unbranched alkanes of at least 4 members (excludes halogenated alkanes) is 1. The lowest BCUT2D eigenvalue weighted by atomic mass is 10.2. The van der Waals surface area contributed by atoms with E-state index >= 15 is 0 Å². The highest BCUT2D eigenvalue weighted by molar-refractivity contribution is 7.99. The van der Waals surface area contributed by atoms with Crippen molar-refractivity contribution >= 4 is 11.8 Å². The summed E-state index contributed by atoms with van der Waals surface area (Å²) in [6, 6.07) is 8.02. The van der Waals surface area contributed by atoms with E-state index in [1.54, 1.807) is 0 Å². The average molecular weight is 253 g/mol. The first-order valence-corrected chi connectivity index (χ1v) is 7.52. The van der Waals surface area contributed by atoms with Crippen molar-refractivity contribution in [3.63, 3.8) is 0 Å². The summed E-state index contributed by atoms with van der Waals surface area (Å²) in [6.07, 6.45) is 3.73. The summed E-state index contributed by atoms with van der Waals surface area (Å²) < 4.78 is 5.66. The van der Waals surface area contributed by atoms with Crippen LogP contribution in [0.25, 0.3) is 0 Å². The predicted octanol–water partition coefficient (Wildman–Crippen LogP) is 3.45. The van der Waals surface area contributed by atoms with Gasteiger partial charge in [-0.15, -0.1) is 0 Å². The van der Waals surface area contributed by atoms with Crippen LogP contribution in [0.4, 0.5) is 0 Å². The maximum Gasteiger partial charge on any atom is 0.119 e. The Bertz CT molecular complexity index is 287. The molecule has 0 unspecified atom stereocenters. The summed E-state index contributed by atoms with van der Waals surface area (Å²) in [5.41, 5.74) is 6.68. The first kappa shape index (κ1) is 14.4. The van der Waals surface area contributed by atoms with Gasteiger partial charge in [0.1, 0.15) is 5.75 Å². The second kappa shape index (κ2) is 9.37. The number of benzene rings is 1. The second-order valence-corrected chi connectivity index (χ2v) is 5.24. The van der Waals surface area contributed by atoms with Crippen LogP contribution in [-0.4, -0.2) is 18.1 Å². The Morgan fingerprint density at radius 1 is 1.12 bits per heavy atom. The van der Waals surface area contributed by atoms with Crippen LogP contribution < -0.4 is 10.5 Å². The molecular weight excluding hydrogens is 230 g/mol. The molecule has 0 saturated heterocycles. The molecule has 0 aromatic heterocycles. The standard InChI is InChI=1S/C14H23NOS/c1-2-3-10-17-11-4-9-16-14-7-5-13(12-15)6-8-14/h5-8H,2-4,9-12,15H2,1H3. The van der Waals surface area contributed by atoms with E-state index in [4.69, 9.17) is 10.5 Å². The Kier molecular flexibility index (Phi) is 7.93. The summed E-state index contributed by atoms with van der Waals surface area (Å²) in [7, 11) is 0. The maximum atomic E-state index is 5.66. The molecule has 3 heteroatoms. The average Bonchev–Trinajstić information content (AvgIpc) is 2.38. The second-order valence-electron chi connectivity index (χ2n) is 4.02. The minimum Gasteiger partial charge on any atom is -0.494 e. The van der Waals surface area contributed by atoms with E-state index in [1.165, 1.54) is 24.3 Å². The lowest BCUT2D eigenvalue weighted by Crippen LogP contribution is -2.00. The third-order valence-corrected chi connectivity index (χ3v) is 3.66. The van der Waals surface area contributed by atoms with Crippen LogP contribution in [0.5, 0.6) is 5.75 Å². The van der Waals surface area contributed by atoms with E-state index in [2.05, 4.69) is 6.92 Å². The molecule has 0 aliphatic heterocycles. The Labute approximate surface area is 109 Å². The van der Waals surface area contributed by atoms with Crippen LogP contribution in [-0.2, 0) is 6.54 Å². The zero-order valence-corrected chi connectivity index (χ0v) is 11.5. The van der Waals surface area contributed by atoms with Crippen molar-refractivity contribution in [2.24, 2.45) is 5.73 Å². The molecule has 0 heterocycles. The zero-order valence-electron chi connectivity index (χ0n) is 10.7. The normalized spacial score (nSPS) is 10.5. The molecule has 0 fully saturated rings. The molecule has 17 heavy (non-hydrogen) atoms. The molecule has 1 aromatic carbocycles. The molecule has 0 aliphatic carbocycles. The van der Waals surface area contributed by atoms with E-state index in [-0.39, 0.29) is 0 Å². The molecule has 0 atom stereocenters. The van der Waals surface area contributed by atoms with Crippen LogP contribution in [0.15, 0.2) is 24.3 Å². The number of nitrogens with two attached hydrogens (primary N) is 1. The van der Waals surface area contributed by atoms with Crippen molar-refractivity contribution in [2.75, 3.05) is 18.1 Å². The van der Waals surface area contributed by atoms with Gasteiger partial charge in [-0.3, -0.25) is 0 Å². The first-order valence-electron chi connectivity index (χ1n) is 6.36. The lowest BCUT2D eigenvalue weighted by Gasteiger charge is -2.06. The largest absolute Gasteiger partial charge is 0.494 e. The van der Waals surface area contributed by atoms with Gasteiger partial charge in [-0.25, -0.2) is 0 Å². The highest BCUT2D eigenvalue weighted by Gasteiger charge is 1.95. The van der Waals surface area contributed by atoms with Crippen LogP contribution in [0, 0.1) is 0 Å². The van der Waals surface area contributed by atoms with Crippen molar-refractivity contribution in [1.29, 1.82) is 0 Å². The number of rotatable bonds is 9. The van der Waals surface area contributed by atoms with Gasteiger partial charge in [-0.05, 0) is 42.0 Å². The van der Waals surface area contributed by atoms with Crippen LogP contribution in [0.1, 0.15) is 31.7 Å². The van der Waals surface area contributed by atoms with Crippen molar-refractivity contribution in [3.8, 4) is 5.75 Å². The van der Waals surface area contributed by atoms with Gasteiger partial charge >= 0.3 is 0 Å². The molecule has 0 saturated carbocycles. The van der Waals surface area contributed by atoms with Crippen LogP contribution >= 0.6 is 11.8 Å². The van der Waals surface area contributed by atoms with Gasteiger partial charge in [0, 0.05) is 6.54 Å². The predicted molar refractivity (Wildman–Crippen MR) is 76.7 cm³/mol. The van der Waals surface area contributed by atoms with Gasteiger partial charge in [-0.2, -0.15) is 11.8 Å². The molecule has 1 aromatic rings. The Balaban J connectivity index is 2.05. The molecule has 0 spiro atoms. The SMILES string of the molecule is CCCCSCCCOc1ccc(CN)cc1. The van der Waals surface area contributed by atoms with Gasteiger partial charge in [0.25, 0.3) is 0 Å². The van der Waals surface area contributed by atoms with Gasteiger partial charge in [0.2, 0.25) is 0 Å². The Hall–Kier alpha value is -0.670. The fourth-order valence-corrected chi connectivity index (χ4v) is 2.44. The zero-order chi connectivity index (χ0) is 12.3. The van der Waals surface area contributed by atoms with Gasteiger partial charge in [-0.1, -0.05) is 25.5 Å². The Morgan fingerprint density at radius 2 is 1.82 bits per heavy atom. The molecule has 0 amide bonds. The van der Waals surface area contributed by atoms with E-state index in [9.17, 15) is 0 Å². The minimum atomic E-state index is 0.592. The number of thioether (sulfide) groups is 1. The molecule has 1 rings (SSSR count). The van der Waals surface area contributed by atoms with E-state index in [0.29, 0.717) is 6.54 Å². The van der Waals surface area contributed by atoms with Crippen molar-refractivity contribution in [1.82, 2.24) is 0 Å². The fourth-order valence-electron chi connectivity index (χ4n) is 1.42. The third-order valence-electron chi connectivity index (χ3n) is 2.50. The van der Waals surface area contributed by atoms with Crippen molar-refractivity contribution < 1.29 is 4.74 Å². The fraction of sp³-hybridized carbons (Fsp3) is 0.571. The maximum absolute atomic E-state index is 5.66. The van der Waals surface area contributed by atoms with Crippen LogP contribution in [0.3, 0.4) is 0 Å². The van der Waals surface area contributed by atoms with Gasteiger partial charge in [0.05, 0.1) is 6.61 Å². The van der Waals surface area contributed by atoms with Gasteiger partial charge < -0.3 is 10.5 Å². The van der Waals surface area contributed by atoms with Crippen molar-refractivity contribution in [3.05, 3.63) is 29.8 Å². The monoisotopic (exact) mass is 253 g/mol. The topological polar surface area (TPSA) is 35.2 Å². The van der Waals surface area contributed by atoms with Crippen molar-refractivity contribution in [2.45, 2.75) is 32.7 Å². The summed E-state index contributed by atoms with van der Waals surface area (Å²) in [4.78, 5) is 0. The molecule has 2 nitrogen and oxygen atoms in total. The molecule has 2 N–H and O–H groups in total. The third kappa shape index (κ3) is 6.59. The number of hydrogen-bond acceptors (Lipinski definition) is 3. The van der Waals surface area contributed by atoms with E-state index in [0.717, 1.165) is 24.3 Å². The summed E-state index contributed by atoms with van der Waals surface area (Å²) in [5, 5.41) is 0. The van der Waals surface area contributed by atoms with Gasteiger partial charge in [0.15, 0.2) is 0 Å². The first-order chi connectivity index (χ1) is 8.36. The van der Waals surface area contributed by atoms with E-state index in [1.807, 2.05) is 36.0 Å². The highest BCUT2D eigenvalue weighted by Crippen LogP contribution is 2.13. The Morgan fingerprint density at radius 3 is 2.47 bits per heavy atom. The minimum absolute atomic E-state index is 0.592. The molecule has 0 aliphatic rings. The number of hydrogen-bond donors (Lipinski definition) is 1. The molecule has 96 valence electrons. The summed E-state index contributed by atoms with van der Waals surface area (Å²) in [5.74, 6) is 3.42. The quantitative estimate of drug-likeness (QED) is 0.685. The molecular formula is C14H23NOS. The summed E-state index contributed by atoms with van der Waals surface area (Å²) in [6.45, 7) is 3.63. The van der Waals surface area contributed by atoms with Crippen LogP contribution in [0.2, 0.25) is 0 Å². The number of ether oxygens (including phenoxy) is 1. The molecule has 0 radical (unpaired) electrons. The highest BCUT2D eigenvalue weighted by atomic mass is 32.2. The lowest BCUT2D eigenvalue weighted by molar-refractivity contribution is 0.318. The smallest absolute Gasteiger partial charge is 0.119 e. The molecule has 0 bridgehead atoms.